The average Bonchev–Trinajstić information content (AvgIpc) is 3.74. The summed E-state index contributed by atoms with van der Waals surface area (Å²) in [7, 11) is 2.00. The number of benzene rings is 4. The topological polar surface area (TPSA) is 122 Å². The van der Waals surface area contributed by atoms with Crippen LogP contribution in [0.3, 0.4) is 0 Å². The van der Waals surface area contributed by atoms with Crippen LogP contribution in [0.25, 0.3) is 21.5 Å². The van der Waals surface area contributed by atoms with Gasteiger partial charge in [0, 0.05) is 89.2 Å². The number of ether oxygens (including phenoxy) is 1. The zero-order valence-electron chi connectivity index (χ0n) is 33.7. The molecule has 0 aliphatic carbocycles. The monoisotopic (exact) mass is 1050 g/mol. The van der Waals surface area contributed by atoms with Crippen molar-refractivity contribution in [1.82, 2.24) is 9.55 Å². The van der Waals surface area contributed by atoms with Crippen molar-refractivity contribution in [2.24, 2.45) is 0 Å². The molecule has 1 aromatic heterocycles. The van der Waals surface area contributed by atoms with E-state index in [1.807, 2.05) is 55.4 Å². The van der Waals surface area contributed by atoms with E-state index in [-0.39, 0.29) is 60.6 Å². The molecule has 0 aliphatic rings. The molecule has 5 aromatic rings. The number of fused-ring (bicyclic) bond motifs is 2. The van der Waals surface area contributed by atoms with Crippen molar-refractivity contribution >= 4 is 33.4 Å². The predicted molar refractivity (Wildman–Crippen MR) is 213 cm³/mol. The van der Waals surface area contributed by atoms with Gasteiger partial charge < -0.3 is 20.1 Å². The Morgan fingerprint density at radius 3 is 0.922 bits per heavy atom. The van der Waals surface area contributed by atoms with Crippen LogP contribution in [0.5, 0.6) is 0 Å². The second kappa shape index (κ2) is 59.2. The van der Waals surface area contributed by atoms with E-state index in [9.17, 15) is 9.59 Å². The van der Waals surface area contributed by atoms with Crippen LogP contribution < -0.4 is 0 Å². The molecule has 0 amide bonds. The summed E-state index contributed by atoms with van der Waals surface area (Å²) in [5, 5.41) is 26.8. The van der Waals surface area contributed by atoms with Gasteiger partial charge in [-0.25, -0.2) is 4.98 Å². The average molecular weight is 1050 g/mol. The number of nitrogens with zero attached hydrogens (tertiary/aromatic N) is 2. The van der Waals surface area contributed by atoms with E-state index in [0.717, 1.165) is 14.2 Å². The van der Waals surface area contributed by atoms with Crippen molar-refractivity contribution in [3.05, 3.63) is 116 Å². The van der Waals surface area contributed by atoms with Gasteiger partial charge in [-0.3, -0.25) is 14.2 Å². The number of carbonyl (C=O) groups excluding carboxylic acids is 2. The molecule has 0 radical (unpaired) electrons. The van der Waals surface area contributed by atoms with Crippen LogP contribution in [0.4, 0.5) is 0 Å². The minimum absolute atomic E-state index is 0. The Hall–Kier alpha value is -2.99. The van der Waals surface area contributed by atoms with Crippen LogP contribution in [-0.4, -0.2) is 64.2 Å². The van der Waals surface area contributed by atoms with Crippen molar-refractivity contribution < 1.29 is 71.8 Å². The minimum Gasteiger partial charge on any atom is -0.466 e. The number of rotatable bonds is 1. The molecule has 0 saturated carbocycles. The first-order valence-corrected chi connectivity index (χ1v) is 16.9. The fourth-order valence-electron chi connectivity index (χ4n) is 2.91. The molecule has 4 aromatic carbocycles. The Bertz CT molecular complexity index is 1120. The molecule has 10 heteroatoms. The summed E-state index contributed by atoms with van der Waals surface area (Å²) in [6.07, 6.45) is 4.66. The predicted octanol–water partition coefficient (Wildman–Crippen LogP) is 10.1. The Balaban J connectivity index is -0.0000000715. The molecule has 0 bridgehead atoms. The number of esters is 1. The SMILES string of the molecule is CC.CC.CC.CC.CC(=O)n1ccnc1.CCO.CCOC(C)=O.CO.CO.[W].[W].c1ccc2ccccc2c1.c1ccc2ccccc2c1. The van der Waals surface area contributed by atoms with Crippen molar-refractivity contribution in [2.45, 2.75) is 83.1 Å². The molecule has 8 nitrogen and oxygen atoms in total. The summed E-state index contributed by atoms with van der Waals surface area (Å²) >= 11 is 0. The molecule has 0 saturated heterocycles. The molecule has 0 fully saturated rings. The van der Waals surface area contributed by atoms with E-state index in [1.165, 1.54) is 46.3 Å². The van der Waals surface area contributed by atoms with E-state index >= 15 is 0 Å². The van der Waals surface area contributed by atoms with Crippen molar-refractivity contribution in [3.8, 4) is 0 Å². The first kappa shape index (κ1) is 66.3. The van der Waals surface area contributed by atoms with E-state index in [1.54, 1.807) is 26.2 Å². The number of aliphatic hydroxyl groups excluding tert-OH is 3. The van der Waals surface area contributed by atoms with Gasteiger partial charge in [0.15, 0.2) is 0 Å². The molecule has 0 atom stereocenters. The maximum atomic E-state index is 10.4. The summed E-state index contributed by atoms with van der Waals surface area (Å²) in [4.78, 5) is 23.9. The Kier molecular flexibility index (Phi) is 76.9. The maximum Gasteiger partial charge on any atom is 0.302 e. The van der Waals surface area contributed by atoms with Crippen LogP contribution in [0, 0.1) is 0 Å². The number of hydrogen-bond acceptors (Lipinski definition) is 7. The van der Waals surface area contributed by atoms with Gasteiger partial charge in [0.25, 0.3) is 0 Å². The normalized spacial score (nSPS) is 7.31. The van der Waals surface area contributed by atoms with Gasteiger partial charge in [-0.2, -0.15) is 0 Å². The van der Waals surface area contributed by atoms with Gasteiger partial charge >= 0.3 is 5.97 Å². The standard InChI is InChI=1S/2C10H8.C5H6N2O.C4H8O2.C2H6O.4C2H6.2CH4O.2W/c2*1-2-6-10-8-4-3-7-9(10)5-1;1-5(8)7-3-2-6-4-7;1-3-6-4(2)5;1-2-3;6*1-2;;/h2*1-8H;2-4H,1H3;3H2,1-2H3;3H,2H2,1H3;4*1-2H3;2*2H,1H3;;. The number of aliphatic hydroxyl groups is 3. The van der Waals surface area contributed by atoms with Gasteiger partial charge in [0.05, 0.1) is 6.61 Å². The van der Waals surface area contributed by atoms with Gasteiger partial charge in [-0.15, -0.1) is 0 Å². The molecule has 3 N–H and O–H groups in total. The summed E-state index contributed by atoms with van der Waals surface area (Å²) in [6.45, 7) is 23.1. The van der Waals surface area contributed by atoms with E-state index in [4.69, 9.17) is 15.3 Å². The molecular weight excluding hydrogens is 984 g/mol. The third-order valence-corrected chi connectivity index (χ3v) is 4.53. The third-order valence-electron chi connectivity index (χ3n) is 4.53. The van der Waals surface area contributed by atoms with E-state index in [2.05, 4.69) is 107 Å². The number of aromatic nitrogens is 2. The third kappa shape index (κ3) is 43.1. The molecule has 51 heavy (non-hydrogen) atoms. The smallest absolute Gasteiger partial charge is 0.302 e. The Morgan fingerprint density at radius 2 is 0.824 bits per heavy atom. The second-order valence-corrected chi connectivity index (χ2v) is 7.42. The van der Waals surface area contributed by atoms with Crippen LogP contribution in [0.1, 0.15) is 87.9 Å². The minimum atomic E-state index is -0.211. The van der Waals surface area contributed by atoms with Crippen LogP contribution in [0.15, 0.2) is 116 Å². The number of imidazole rings is 1. The fourth-order valence-corrected chi connectivity index (χ4v) is 2.91. The van der Waals surface area contributed by atoms with Crippen LogP contribution >= 0.6 is 0 Å². The largest absolute Gasteiger partial charge is 0.466 e. The summed E-state index contributed by atoms with van der Waals surface area (Å²) in [5.74, 6) is -0.222. The summed E-state index contributed by atoms with van der Waals surface area (Å²) < 4.78 is 5.82. The molecule has 0 aliphatic heterocycles. The number of carbonyl (C=O) groups is 2. The Labute approximate surface area is 339 Å². The van der Waals surface area contributed by atoms with Crippen LogP contribution in [-0.2, 0) is 51.7 Å². The van der Waals surface area contributed by atoms with Crippen molar-refractivity contribution in [3.63, 3.8) is 0 Å². The van der Waals surface area contributed by atoms with E-state index in [0.29, 0.717) is 6.61 Å². The summed E-state index contributed by atoms with van der Waals surface area (Å²) in [5.41, 5.74) is 0. The molecular formula is C41H68N2O6W2. The zero-order valence-corrected chi connectivity index (χ0v) is 39.5. The number of hydrogen-bond donors (Lipinski definition) is 3. The first-order valence-electron chi connectivity index (χ1n) is 16.9. The van der Waals surface area contributed by atoms with Crippen molar-refractivity contribution in [2.75, 3.05) is 27.4 Å². The molecule has 0 unspecified atom stereocenters. The van der Waals surface area contributed by atoms with Gasteiger partial charge in [-0.1, -0.05) is 152 Å². The van der Waals surface area contributed by atoms with Gasteiger partial charge in [-0.05, 0) is 35.4 Å². The molecule has 1 heterocycles. The summed E-state index contributed by atoms with van der Waals surface area (Å²) in [6, 6.07) is 33.4. The second-order valence-electron chi connectivity index (χ2n) is 7.42. The maximum absolute atomic E-state index is 10.4. The first-order chi connectivity index (χ1) is 23.9. The van der Waals surface area contributed by atoms with Crippen LogP contribution in [0.2, 0.25) is 0 Å². The molecule has 0 spiro atoms. The fraction of sp³-hybridized carbons (Fsp3) is 0.390. The zero-order chi connectivity index (χ0) is 39.3. The molecule has 290 valence electrons. The Morgan fingerprint density at radius 1 is 0.588 bits per heavy atom. The quantitative estimate of drug-likeness (QED) is 0.143. The van der Waals surface area contributed by atoms with Gasteiger partial charge in [0.2, 0.25) is 5.91 Å². The van der Waals surface area contributed by atoms with Gasteiger partial charge in [0.1, 0.15) is 6.33 Å². The van der Waals surface area contributed by atoms with E-state index < -0.39 is 0 Å². The molecule has 5 rings (SSSR count). The van der Waals surface area contributed by atoms with Crippen molar-refractivity contribution in [1.29, 1.82) is 0 Å².